The van der Waals surface area contributed by atoms with Crippen LogP contribution in [0.3, 0.4) is 0 Å². The fourth-order valence-corrected chi connectivity index (χ4v) is 5.83. The molecule has 0 atom stereocenters. The molecule has 0 N–H and O–H groups in total. The molecule has 0 bridgehead atoms. The molecule has 2 aliphatic rings. The summed E-state index contributed by atoms with van der Waals surface area (Å²) in [6.07, 6.45) is 8.00. The van der Waals surface area contributed by atoms with Gasteiger partial charge in [-0.1, -0.05) is 59.1 Å². The summed E-state index contributed by atoms with van der Waals surface area (Å²) in [5, 5.41) is 1.31. The molecule has 180 valence electrons. The number of anilines is 1. The molecule has 6 heteroatoms. The lowest BCUT2D eigenvalue weighted by atomic mass is 9.74. The van der Waals surface area contributed by atoms with E-state index < -0.39 is 0 Å². The number of halogens is 2. The Labute approximate surface area is 217 Å². The number of piperidine rings is 1. The number of benzene rings is 2. The lowest BCUT2D eigenvalue weighted by molar-refractivity contribution is 0.0977. The van der Waals surface area contributed by atoms with Gasteiger partial charge in [0.2, 0.25) is 0 Å². The molecule has 1 aromatic heterocycles. The predicted octanol–water partition coefficient (Wildman–Crippen LogP) is 6.71. The van der Waals surface area contributed by atoms with Crippen LogP contribution in [0.25, 0.3) is 6.08 Å². The smallest absolute Gasteiger partial charge is 0.258 e. The number of carbonyl (C=O) groups excluding carboxylic acids is 1. The summed E-state index contributed by atoms with van der Waals surface area (Å²) in [6.45, 7) is 7.63. The topological polar surface area (TPSA) is 36.4 Å². The third kappa shape index (κ3) is 4.88. The van der Waals surface area contributed by atoms with Gasteiger partial charge in [-0.05, 0) is 81.2 Å². The van der Waals surface area contributed by atoms with E-state index in [1.54, 1.807) is 12.3 Å². The predicted molar refractivity (Wildman–Crippen MR) is 145 cm³/mol. The number of aromatic nitrogens is 1. The van der Waals surface area contributed by atoms with E-state index in [-0.39, 0.29) is 11.3 Å². The zero-order chi connectivity index (χ0) is 24.6. The highest BCUT2D eigenvalue weighted by molar-refractivity contribution is 6.35. The molecule has 0 radical (unpaired) electrons. The first-order valence-corrected chi connectivity index (χ1v) is 12.8. The van der Waals surface area contributed by atoms with Crippen molar-refractivity contribution in [3.63, 3.8) is 0 Å². The molecular formula is C29H29Cl2N3O. The van der Waals surface area contributed by atoms with Crippen LogP contribution >= 0.6 is 23.2 Å². The first kappa shape index (κ1) is 24.1. The van der Waals surface area contributed by atoms with Gasteiger partial charge < -0.3 is 4.90 Å². The van der Waals surface area contributed by atoms with Crippen LogP contribution in [0.15, 0.2) is 60.8 Å². The highest BCUT2D eigenvalue weighted by Crippen LogP contribution is 2.47. The van der Waals surface area contributed by atoms with Crippen LogP contribution in [0.1, 0.15) is 45.6 Å². The van der Waals surface area contributed by atoms with Crippen LogP contribution in [0.5, 0.6) is 0 Å². The maximum absolute atomic E-state index is 13.5. The number of carbonyl (C=O) groups is 1. The molecule has 5 rings (SSSR count). The minimum atomic E-state index is -0.00120. The average Bonchev–Trinajstić information content (AvgIpc) is 3.14. The van der Waals surface area contributed by atoms with Crippen molar-refractivity contribution in [2.45, 2.75) is 32.1 Å². The normalized spacial score (nSPS) is 17.3. The molecule has 4 nitrogen and oxygen atoms in total. The number of fused-ring (bicyclic) bond motifs is 2. The van der Waals surface area contributed by atoms with Crippen molar-refractivity contribution < 1.29 is 4.79 Å². The summed E-state index contributed by atoms with van der Waals surface area (Å²) in [5.41, 5.74) is 6.14. The SMILES string of the molecule is Cc1ccc2c(c1)C1(CCN(C/C=C/c3ccc(Cl)cc3Cl)CC1)CN2C(=O)c1ccnc(C)c1. The van der Waals surface area contributed by atoms with E-state index in [9.17, 15) is 4.79 Å². The molecular weight excluding hydrogens is 477 g/mol. The van der Waals surface area contributed by atoms with Crippen molar-refractivity contribution in [3.8, 4) is 0 Å². The molecule has 35 heavy (non-hydrogen) atoms. The molecule has 2 aromatic carbocycles. The fourth-order valence-electron chi connectivity index (χ4n) is 5.36. The summed E-state index contributed by atoms with van der Waals surface area (Å²) < 4.78 is 0. The highest BCUT2D eigenvalue weighted by Gasteiger charge is 2.46. The molecule has 1 fully saturated rings. The standard InChI is InChI=1S/C29H29Cl2N3O/c1-20-5-8-27-25(16-20)29(19-34(27)28(35)23-9-12-32-21(2)17-23)10-14-33(15-11-29)13-3-4-22-6-7-24(30)18-26(22)31/h3-9,12,16-18H,10-11,13-15,19H2,1-2H3/b4-3+. The van der Waals surface area contributed by atoms with E-state index in [0.29, 0.717) is 15.6 Å². The monoisotopic (exact) mass is 505 g/mol. The molecule has 1 amide bonds. The van der Waals surface area contributed by atoms with Gasteiger partial charge >= 0.3 is 0 Å². The Kier molecular flexibility index (Phi) is 6.71. The number of nitrogens with zero attached hydrogens (tertiary/aromatic N) is 3. The van der Waals surface area contributed by atoms with E-state index in [1.165, 1.54) is 11.1 Å². The van der Waals surface area contributed by atoms with Crippen LogP contribution in [-0.4, -0.2) is 42.0 Å². The summed E-state index contributed by atoms with van der Waals surface area (Å²) in [6, 6.07) is 15.8. The Morgan fingerprint density at radius 3 is 2.60 bits per heavy atom. The number of hydrogen-bond acceptors (Lipinski definition) is 3. The number of hydrogen-bond donors (Lipinski definition) is 0. The quantitative estimate of drug-likeness (QED) is 0.395. The van der Waals surface area contributed by atoms with E-state index in [1.807, 2.05) is 36.1 Å². The summed E-state index contributed by atoms with van der Waals surface area (Å²) in [5.74, 6) is 0.0580. The summed E-state index contributed by atoms with van der Waals surface area (Å²) in [4.78, 5) is 22.2. The van der Waals surface area contributed by atoms with Gasteiger partial charge in [-0.25, -0.2) is 0 Å². The number of rotatable bonds is 4. The van der Waals surface area contributed by atoms with Crippen LogP contribution in [-0.2, 0) is 5.41 Å². The molecule has 0 aliphatic carbocycles. The van der Waals surface area contributed by atoms with Gasteiger partial charge in [0.25, 0.3) is 5.91 Å². The van der Waals surface area contributed by atoms with Crippen molar-refractivity contribution in [3.05, 3.63) is 98.8 Å². The highest BCUT2D eigenvalue weighted by atomic mass is 35.5. The third-order valence-corrected chi connectivity index (χ3v) is 7.86. The number of amides is 1. The van der Waals surface area contributed by atoms with E-state index in [4.69, 9.17) is 23.2 Å². The van der Waals surface area contributed by atoms with Gasteiger partial charge in [0, 0.05) is 51.7 Å². The van der Waals surface area contributed by atoms with Crippen molar-refractivity contribution in [1.29, 1.82) is 0 Å². The largest absolute Gasteiger partial charge is 0.307 e. The Balaban J connectivity index is 1.31. The van der Waals surface area contributed by atoms with E-state index in [0.717, 1.165) is 56.0 Å². The Morgan fingerprint density at radius 1 is 1.06 bits per heavy atom. The van der Waals surface area contributed by atoms with Crippen LogP contribution in [0.4, 0.5) is 5.69 Å². The first-order chi connectivity index (χ1) is 16.8. The molecule has 1 spiro atoms. The van der Waals surface area contributed by atoms with Gasteiger partial charge in [-0.15, -0.1) is 0 Å². The zero-order valence-corrected chi connectivity index (χ0v) is 21.6. The third-order valence-electron chi connectivity index (χ3n) is 7.30. The number of aryl methyl sites for hydroxylation is 2. The number of pyridine rings is 1. The van der Waals surface area contributed by atoms with Gasteiger partial charge in [0.05, 0.1) is 0 Å². The van der Waals surface area contributed by atoms with Crippen molar-refractivity contribution in [2.24, 2.45) is 0 Å². The second kappa shape index (κ2) is 9.77. The lowest BCUT2D eigenvalue weighted by Crippen LogP contribution is -2.46. The van der Waals surface area contributed by atoms with Gasteiger partial charge in [0.1, 0.15) is 0 Å². The molecule has 1 saturated heterocycles. The van der Waals surface area contributed by atoms with E-state index >= 15 is 0 Å². The second-order valence-electron chi connectivity index (χ2n) is 9.75. The maximum atomic E-state index is 13.5. The van der Waals surface area contributed by atoms with Gasteiger partial charge in [0.15, 0.2) is 0 Å². The Bertz CT molecular complexity index is 1290. The van der Waals surface area contributed by atoms with Crippen LogP contribution in [0.2, 0.25) is 10.0 Å². The minimum Gasteiger partial charge on any atom is -0.307 e. The minimum absolute atomic E-state index is 0.00120. The lowest BCUT2D eigenvalue weighted by Gasteiger charge is -2.39. The zero-order valence-electron chi connectivity index (χ0n) is 20.1. The molecule has 0 saturated carbocycles. The van der Waals surface area contributed by atoms with Crippen molar-refractivity contribution in [2.75, 3.05) is 31.1 Å². The molecule has 2 aliphatic heterocycles. The van der Waals surface area contributed by atoms with E-state index in [2.05, 4.69) is 47.2 Å². The molecule has 3 aromatic rings. The average molecular weight is 506 g/mol. The van der Waals surface area contributed by atoms with Crippen LogP contribution in [0, 0.1) is 13.8 Å². The molecule has 3 heterocycles. The first-order valence-electron chi connectivity index (χ1n) is 12.0. The van der Waals surface area contributed by atoms with Crippen LogP contribution < -0.4 is 4.90 Å². The van der Waals surface area contributed by atoms with Gasteiger partial charge in [-0.3, -0.25) is 14.7 Å². The fraction of sp³-hybridized carbons (Fsp3) is 0.310. The van der Waals surface area contributed by atoms with Gasteiger partial charge in [-0.2, -0.15) is 0 Å². The second-order valence-corrected chi connectivity index (χ2v) is 10.6. The Hall–Kier alpha value is -2.66. The number of likely N-dealkylation sites (tertiary alicyclic amines) is 1. The van der Waals surface area contributed by atoms with Crippen molar-refractivity contribution >= 4 is 40.9 Å². The molecule has 0 unspecified atom stereocenters. The summed E-state index contributed by atoms with van der Waals surface area (Å²) >= 11 is 12.3. The Morgan fingerprint density at radius 2 is 1.86 bits per heavy atom. The van der Waals surface area contributed by atoms with Crippen molar-refractivity contribution in [1.82, 2.24) is 9.88 Å². The summed E-state index contributed by atoms with van der Waals surface area (Å²) in [7, 11) is 0. The maximum Gasteiger partial charge on any atom is 0.258 e.